The van der Waals surface area contributed by atoms with E-state index in [9.17, 15) is 9.59 Å². The molecule has 8 heteroatoms. The second-order valence-corrected chi connectivity index (χ2v) is 11.8. The lowest BCUT2D eigenvalue weighted by molar-refractivity contribution is -0.123. The average Bonchev–Trinajstić information content (AvgIpc) is 3.24. The molecule has 1 saturated carbocycles. The number of rotatable bonds is 5. The van der Waals surface area contributed by atoms with Crippen LogP contribution in [-0.4, -0.2) is 35.8 Å². The van der Waals surface area contributed by atoms with Crippen molar-refractivity contribution in [2.75, 3.05) is 0 Å². The zero-order valence-electron chi connectivity index (χ0n) is 21.6. The first-order valence-electron chi connectivity index (χ1n) is 12.2. The summed E-state index contributed by atoms with van der Waals surface area (Å²) >= 11 is 0. The summed E-state index contributed by atoms with van der Waals surface area (Å²) in [6.45, 7) is 13.7. The molecule has 1 N–H and O–H groups in total. The molecule has 8 nitrogen and oxygen atoms in total. The molecule has 34 heavy (non-hydrogen) atoms. The highest BCUT2D eigenvalue weighted by molar-refractivity contribution is 5.76. The van der Waals surface area contributed by atoms with Crippen molar-refractivity contribution in [3.05, 3.63) is 46.3 Å². The van der Waals surface area contributed by atoms with Gasteiger partial charge in [-0.1, -0.05) is 34.6 Å². The minimum absolute atomic E-state index is 0.00167. The van der Waals surface area contributed by atoms with Gasteiger partial charge in [-0.3, -0.25) is 18.6 Å². The van der Waals surface area contributed by atoms with Gasteiger partial charge in [0.2, 0.25) is 5.91 Å². The zero-order chi connectivity index (χ0) is 24.8. The fourth-order valence-corrected chi connectivity index (χ4v) is 5.05. The highest BCUT2D eigenvalue weighted by atomic mass is 16.2. The molecule has 1 fully saturated rings. The normalized spacial score (nSPS) is 20.6. The van der Waals surface area contributed by atoms with E-state index in [1.165, 1.54) is 0 Å². The Kier molecular flexibility index (Phi) is 6.21. The van der Waals surface area contributed by atoms with Crippen molar-refractivity contribution in [2.45, 2.75) is 85.9 Å². The Labute approximate surface area is 201 Å². The van der Waals surface area contributed by atoms with Crippen LogP contribution in [0.4, 0.5) is 0 Å². The maximum atomic E-state index is 12.9. The molecule has 184 valence electrons. The van der Waals surface area contributed by atoms with Gasteiger partial charge in [0.15, 0.2) is 5.65 Å². The maximum Gasteiger partial charge on any atom is 0.330 e. The van der Waals surface area contributed by atoms with E-state index < -0.39 is 0 Å². The van der Waals surface area contributed by atoms with Crippen LogP contribution in [0.3, 0.4) is 0 Å². The Morgan fingerprint density at radius 1 is 1.24 bits per heavy atom. The number of aryl methyl sites for hydroxylation is 2. The molecule has 0 spiro atoms. The Balaban J connectivity index is 1.56. The Hall–Kier alpha value is -2.90. The molecule has 0 aliphatic heterocycles. The fraction of sp³-hybridized carbons (Fsp3) is 0.615. The quantitative estimate of drug-likeness (QED) is 0.620. The first kappa shape index (κ1) is 24.2. The Bertz CT molecular complexity index is 1260. The summed E-state index contributed by atoms with van der Waals surface area (Å²) in [4.78, 5) is 30.7. The lowest BCUT2D eigenvalue weighted by Gasteiger charge is -2.42. The van der Waals surface area contributed by atoms with Gasteiger partial charge >= 0.3 is 5.69 Å². The van der Waals surface area contributed by atoms with Crippen molar-refractivity contribution in [2.24, 2.45) is 17.9 Å². The number of carbonyl (C=O) groups excluding carboxylic acids is 1. The van der Waals surface area contributed by atoms with E-state index in [0.717, 1.165) is 41.8 Å². The second-order valence-electron chi connectivity index (χ2n) is 11.8. The third-order valence-electron chi connectivity index (χ3n) is 7.21. The van der Waals surface area contributed by atoms with Gasteiger partial charge in [-0.15, -0.1) is 0 Å². The number of hydrogen-bond acceptors (Lipinski definition) is 4. The molecular formula is C26H38N6O2. The summed E-state index contributed by atoms with van der Waals surface area (Å²) in [6.07, 6.45) is 4.54. The molecule has 0 bridgehead atoms. The Morgan fingerprint density at radius 3 is 2.62 bits per heavy atom. The number of nitrogens with zero attached hydrogens (tertiary/aromatic N) is 5. The standard InChI is InChI=1S/C26H38N6O2/c1-17-11-13-27-32(17)15-22(33)29-21-14-18(10-12-26(21,5)6)19-8-9-20-23(28-19)30(7)24(34)31(20)16-25(2,3)4/h8-9,11,13,18,21H,10,12,14-16H2,1-7H3,(H,29,33). The van der Waals surface area contributed by atoms with Crippen molar-refractivity contribution in [3.8, 4) is 0 Å². The van der Waals surface area contributed by atoms with E-state index in [4.69, 9.17) is 4.98 Å². The van der Waals surface area contributed by atoms with E-state index >= 15 is 0 Å². The molecule has 1 aliphatic carbocycles. The lowest BCUT2D eigenvalue weighted by atomic mass is 9.68. The van der Waals surface area contributed by atoms with Gasteiger partial charge in [0.1, 0.15) is 6.54 Å². The van der Waals surface area contributed by atoms with E-state index in [1.807, 2.05) is 23.6 Å². The van der Waals surface area contributed by atoms with Crippen LogP contribution >= 0.6 is 0 Å². The average molecular weight is 467 g/mol. The number of aromatic nitrogens is 5. The third kappa shape index (κ3) is 4.81. The van der Waals surface area contributed by atoms with Crippen molar-refractivity contribution in [3.63, 3.8) is 0 Å². The van der Waals surface area contributed by atoms with Crippen LogP contribution in [0.2, 0.25) is 0 Å². The molecule has 0 aromatic carbocycles. The van der Waals surface area contributed by atoms with Gasteiger partial charge in [0, 0.05) is 43.1 Å². The molecule has 3 aromatic heterocycles. The molecular weight excluding hydrogens is 428 g/mol. The number of hydrogen-bond donors (Lipinski definition) is 1. The van der Waals surface area contributed by atoms with Gasteiger partial charge in [0.05, 0.1) is 5.52 Å². The van der Waals surface area contributed by atoms with Crippen LogP contribution in [0, 0.1) is 17.8 Å². The molecule has 2 unspecified atom stereocenters. The zero-order valence-corrected chi connectivity index (χ0v) is 21.6. The molecule has 0 saturated heterocycles. The summed E-state index contributed by atoms with van der Waals surface area (Å²) < 4.78 is 5.21. The number of carbonyl (C=O) groups is 1. The predicted octanol–water partition coefficient (Wildman–Crippen LogP) is 3.76. The van der Waals surface area contributed by atoms with Gasteiger partial charge < -0.3 is 5.32 Å². The number of amides is 1. The summed E-state index contributed by atoms with van der Waals surface area (Å²) in [5.74, 6) is 0.214. The molecule has 3 aromatic rings. The second kappa shape index (κ2) is 8.71. The molecule has 2 atom stereocenters. The Morgan fingerprint density at radius 2 is 1.97 bits per heavy atom. The monoisotopic (exact) mass is 466 g/mol. The summed E-state index contributed by atoms with van der Waals surface area (Å²) in [5, 5.41) is 7.51. The lowest BCUT2D eigenvalue weighted by Crippen LogP contribution is -2.49. The number of fused-ring (bicyclic) bond motifs is 1. The number of pyridine rings is 1. The SMILES string of the molecule is Cc1ccnn1CC(=O)NC1CC(c2ccc3c(n2)n(C)c(=O)n3CC(C)(C)C)CCC1(C)C. The van der Waals surface area contributed by atoms with Crippen LogP contribution < -0.4 is 11.0 Å². The van der Waals surface area contributed by atoms with Gasteiger partial charge in [-0.05, 0) is 55.2 Å². The predicted molar refractivity (Wildman–Crippen MR) is 134 cm³/mol. The van der Waals surface area contributed by atoms with Crippen LogP contribution in [0.1, 0.15) is 71.2 Å². The van der Waals surface area contributed by atoms with Crippen molar-refractivity contribution >= 4 is 17.1 Å². The van der Waals surface area contributed by atoms with Crippen LogP contribution in [0.5, 0.6) is 0 Å². The topological polar surface area (TPSA) is 86.7 Å². The van der Waals surface area contributed by atoms with E-state index in [1.54, 1.807) is 22.5 Å². The number of nitrogens with one attached hydrogen (secondary N) is 1. The minimum Gasteiger partial charge on any atom is -0.351 e. The third-order valence-corrected chi connectivity index (χ3v) is 7.21. The number of imidazole rings is 1. The van der Waals surface area contributed by atoms with Crippen LogP contribution in [-0.2, 0) is 24.9 Å². The molecule has 4 rings (SSSR count). The van der Waals surface area contributed by atoms with Crippen LogP contribution in [0.25, 0.3) is 11.2 Å². The minimum atomic E-state index is -0.0293. The van der Waals surface area contributed by atoms with E-state index in [-0.39, 0.29) is 40.9 Å². The highest BCUT2D eigenvalue weighted by Gasteiger charge is 2.38. The van der Waals surface area contributed by atoms with Crippen molar-refractivity contribution in [1.82, 2.24) is 29.2 Å². The van der Waals surface area contributed by atoms with Crippen LogP contribution in [0.15, 0.2) is 29.2 Å². The molecule has 3 heterocycles. The fourth-order valence-electron chi connectivity index (χ4n) is 5.05. The first-order chi connectivity index (χ1) is 15.9. The highest BCUT2D eigenvalue weighted by Crippen LogP contribution is 2.42. The first-order valence-corrected chi connectivity index (χ1v) is 12.2. The van der Waals surface area contributed by atoms with Gasteiger partial charge in [0.25, 0.3) is 0 Å². The summed E-state index contributed by atoms with van der Waals surface area (Å²) in [5.41, 5.74) is 3.53. The largest absolute Gasteiger partial charge is 0.351 e. The van der Waals surface area contributed by atoms with Gasteiger partial charge in [-0.25, -0.2) is 9.78 Å². The molecule has 1 aliphatic rings. The molecule has 0 radical (unpaired) electrons. The van der Waals surface area contributed by atoms with E-state index in [0.29, 0.717) is 6.54 Å². The van der Waals surface area contributed by atoms with Crippen molar-refractivity contribution in [1.29, 1.82) is 0 Å². The smallest absolute Gasteiger partial charge is 0.330 e. The van der Waals surface area contributed by atoms with Gasteiger partial charge in [-0.2, -0.15) is 5.10 Å². The maximum absolute atomic E-state index is 12.9. The molecule has 1 amide bonds. The van der Waals surface area contributed by atoms with Crippen molar-refractivity contribution < 1.29 is 4.79 Å². The summed E-state index contributed by atoms with van der Waals surface area (Å²) in [6, 6.07) is 6.05. The summed E-state index contributed by atoms with van der Waals surface area (Å²) in [7, 11) is 1.80. The van der Waals surface area contributed by atoms with E-state index in [2.05, 4.69) is 51.1 Å².